The third-order valence-corrected chi connectivity index (χ3v) is 3.54. The molecular formula is C14H18F3N3O. The average molecular weight is 301 g/mol. The minimum atomic E-state index is -4.48. The number of nitrogens with one attached hydrogen (secondary N) is 2. The average Bonchev–Trinajstić information content (AvgIpc) is 2.87. The van der Waals surface area contributed by atoms with Gasteiger partial charge in [-0.2, -0.15) is 13.2 Å². The van der Waals surface area contributed by atoms with E-state index >= 15 is 0 Å². The van der Waals surface area contributed by atoms with Gasteiger partial charge in [0.2, 0.25) is 0 Å². The Morgan fingerprint density at radius 2 is 2.10 bits per heavy atom. The summed E-state index contributed by atoms with van der Waals surface area (Å²) in [7, 11) is 1.84. The first-order valence-corrected chi connectivity index (χ1v) is 6.78. The van der Waals surface area contributed by atoms with Gasteiger partial charge >= 0.3 is 12.2 Å². The van der Waals surface area contributed by atoms with Gasteiger partial charge in [-0.3, -0.25) is 0 Å². The molecule has 116 valence electrons. The fourth-order valence-corrected chi connectivity index (χ4v) is 2.51. The second-order valence-electron chi connectivity index (χ2n) is 5.13. The fourth-order valence-electron chi connectivity index (χ4n) is 2.51. The lowest BCUT2D eigenvalue weighted by Crippen LogP contribution is -2.34. The van der Waals surface area contributed by atoms with E-state index in [1.807, 2.05) is 7.05 Å². The highest BCUT2D eigenvalue weighted by Crippen LogP contribution is 2.34. The molecule has 1 unspecified atom stereocenters. The molecule has 1 aliphatic rings. The lowest BCUT2D eigenvalue weighted by Gasteiger charge is -2.19. The molecule has 0 spiro atoms. The zero-order valence-corrected chi connectivity index (χ0v) is 11.7. The monoisotopic (exact) mass is 301 g/mol. The van der Waals surface area contributed by atoms with Gasteiger partial charge in [-0.25, -0.2) is 4.79 Å². The Morgan fingerprint density at radius 3 is 2.76 bits per heavy atom. The minimum Gasteiger partial charge on any atom is -0.324 e. The molecule has 1 saturated heterocycles. The molecule has 0 aliphatic carbocycles. The number of nitrogens with zero attached hydrogens (tertiary/aromatic N) is 1. The predicted octanol–water partition coefficient (Wildman–Crippen LogP) is 2.78. The Morgan fingerprint density at radius 1 is 1.38 bits per heavy atom. The van der Waals surface area contributed by atoms with Gasteiger partial charge in [0.1, 0.15) is 0 Å². The van der Waals surface area contributed by atoms with E-state index in [1.165, 1.54) is 18.2 Å². The number of hydrogen-bond donors (Lipinski definition) is 2. The van der Waals surface area contributed by atoms with E-state index in [0.717, 1.165) is 19.0 Å². The van der Waals surface area contributed by atoms with Gasteiger partial charge in [-0.1, -0.05) is 12.1 Å². The molecule has 2 rings (SSSR count). The summed E-state index contributed by atoms with van der Waals surface area (Å²) in [6, 6.07) is 4.52. The summed E-state index contributed by atoms with van der Waals surface area (Å²) < 4.78 is 38.6. The number of halogens is 3. The van der Waals surface area contributed by atoms with Crippen LogP contribution in [-0.4, -0.2) is 37.6 Å². The molecule has 1 aromatic rings. The third kappa shape index (κ3) is 3.87. The minimum absolute atomic E-state index is 0.202. The SMILES string of the molecule is CNCC1CCN(C(=O)Nc2ccccc2C(F)(F)F)C1. The molecule has 2 N–H and O–H groups in total. The fraction of sp³-hybridized carbons (Fsp3) is 0.500. The van der Waals surface area contributed by atoms with Gasteiger partial charge in [0.15, 0.2) is 0 Å². The second-order valence-corrected chi connectivity index (χ2v) is 5.13. The number of para-hydroxylation sites is 1. The molecule has 0 aromatic heterocycles. The number of hydrogen-bond acceptors (Lipinski definition) is 2. The van der Waals surface area contributed by atoms with Crippen LogP contribution in [0.1, 0.15) is 12.0 Å². The van der Waals surface area contributed by atoms with E-state index in [9.17, 15) is 18.0 Å². The van der Waals surface area contributed by atoms with Crippen LogP contribution in [0, 0.1) is 5.92 Å². The zero-order valence-electron chi connectivity index (χ0n) is 11.7. The van der Waals surface area contributed by atoms with E-state index in [2.05, 4.69) is 10.6 Å². The molecule has 1 aromatic carbocycles. The van der Waals surface area contributed by atoms with Crippen molar-refractivity contribution in [2.75, 3.05) is 32.0 Å². The van der Waals surface area contributed by atoms with Crippen LogP contribution >= 0.6 is 0 Å². The van der Waals surface area contributed by atoms with Crippen molar-refractivity contribution in [1.82, 2.24) is 10.2 Å². The van der Waals surface area contributed by atoms with E-state index < -0.39 is 17.8 Å². The summed E-state index contributed by atoms with van der Waals surface area (Å²) in [5, 5.41) is 5.41. The van der Waals surface area contributed by atoms with Crippen LogP contribution in [-0.2, 0) is 6.18 Å². The highest BCUT2D eigenvalue weighted by atomic mass is 19.4. The van der Waals surface area contributed by atoms with Crippen molar-refractivity contribution in [3.8, 4) is 0 Å². The Balaban J connectivity index is 2.04. The molecule has 1 heterocycles. The van der Waals surface area contributed by atoms with E-state index in [1.54, 1.807) is 4.90 Å². The molecule has 0 bridgehead atoms. The first-order chi connectivity index (χ1) is 9.91. The molecule has 1 fully saturated rings. The molecule has 0 radical (unpaired) electrons. The number of alkyl halides is 3. The first-order valence-electron chi connectivity index (χ1n) is 6.78. The number of carbonyl (C=O) groups excluding carboxylic acids is 1. The van der Waals surface area contributed by atoms with Crippen molar-refractivity contribution in [3.63, 3.8) is 0 Å². The molecule has 2 amide bonds. The van der Waals surface area contributed by atoms with Crippen molar-refractivity contribution in [2.45, 2.75) is 12.6 Å². The van der Waals surface area contributed by atoms with Crippen LogP contribution in [0.25, 0.3) is 0 Å². The molecule has 1 atom stereocenters. The number of rotatable bonds is 3. The van der Waals surface area contributed by atoms with Crippen LogP contribution in [0.4, 0.5) is 23.7 Å². The number of urea groups is 1. The standard InChI is InChI=1S/C14H18F3N3O/c1-18-8-10-6-7-20(9-10)13(21)19-12-5-3-2-4-11(12)14(15,16)17/h2-5,10,18H,6-9H2,1H3,(H,19,21). The Labute approximate surface area is 121 Å². The summed E-state index contributed by atoms with van der Waals surface area (Å²) in [4.78, 5) is 13.6. The van der Waals surface area contributed by atoms with Gasteiger partial charge in [0, 0.05) is 13.1 Å². The van der Waals surface area contributed by atoms with Crippen LogP contribution in [0.2, 0.25) is 0 Å². The van der Waals surface area contributed by atoms with Crippen molar-refractivity contribution in [2.24, 2.45) is 5.92 Å². The van der Waals surface area contributed by atoms with Crippen molar-refractivity contribution < 1.29 is 18.0 Å². The lowest BCUT2D eigenvalue weighted by atomic mass is 10.1. The largest absolute Gasteiger partial charge is 0.418 e. The molecule has 1 aliphatic heterocycles. The van der Waals surface area contributed by atoms with Gasteiger partial charge in [-0.15, -0.1) is 0 Å². The van der Waals surface area contributed by atoms with E-state index in [4.69, 9.17) is 0 Å². The van der Waals surface area contributed by atoms with Crippen LogP contribution in [0.15, 0.2) is 24.3 Å². The Bertz CT molecular complexity index is 504. The molecule has 4 nitrogen and oxygen atoms in total. The van der Waals surface area contributed by atoms with Crippen LogP contribution in [0.5, 0.6) is 0 Å². The smallest absolute Gasteiger partial charge is 0.324 e. The van der Waals surface area contributed by atoms with Crippen LogP contribution in [0.3, 0.4) is 0 Å². The zero-order chi connectivity index (χ0) is 15.5. The molecular weight excluding hydrogens is 283 g/mol. The van der Waals surface area contributed by atoms with E-state index in [-0.39, 0.29) is 5.69 Å². The summed E-state index contributed by atoms with van der Waals surface area (Å²) in [5.41, 5.74) is -1.03. The van der Waals surface area contributed by atoms with E-state index in [0.29, 0.717) is 19.0 Å². The van der Waals surface area contributed by atoms with Crippen molar-refractivity contribution >= 4 is 11.7 Å². The summed E-state index contributed by atoms with van der Waals surface area (Å²) in [6.45, 7) is 1.91. The van der Waals surface area contributed by atoms with Gasteiger partial charge in [0.05, 0.1) is 11.3 Å². The first kappa shape index (κ1) is 15.6. The number of benzene rings is 1. The highest BCUT2D eigenvalue weighted by Gasteiger charge is 2.34. The maximum Gasteiger partial charge on any atom is 0.418 e. The Hall–Kier alpha value is -1.76. The Kier molecular flexibility index (Phi) is 4.72. The van der Waals surface area contributed by atoms with Gasteiger partial charge in [0.25, 0.3) is 0 Å². The maximum absolute atomic E-state index is 12.9. The third-order valence-electron chi connectivity index (χ3n) is 3.54. The van der Waals surface area contributed by atoms with Gasteiger partial charge in [-0.05, 0) is 38.1 Å². The normalized spacial score (nSPS) is 18.9. The van der Waals surface area contributed by atoms with Crippen molar-refractivity contribution in [3.05, 3.63) is 29.8 Å². The summed E-state index contributed by atoms with van der Waals surface area (Å²) in [5.74, 6) is 0.346. The second kappa shape index (κ2) is 6.34. The molecule has 21 heavy (non-hydrogen) atoms. The molecule has 7 heteroatoms. The van der Waals surface area contributed by atoms with Crippen molar-refractivity contribution in [1.29, 1.82) is 0 Å². The molecule has 0 saturated carbocycles. The number of likely N-dealkylation sites (tertiary alicyclic amines) is 1. The summed E-state index contributed by atoms with van der Waals surface area (Å²) >= 11 is 0. The maximum atomic E-state index is 12.9. The highest BCUT2D eigenvalue weighted by molar-refractivity contribution is 5.90. The number of amides is 2. The summed E-state index contributed by atoms with van der Waals surface area (Å²) in [6.07, 6.45) is -3.63. The predicted molar refractivity (Wildman–Crippen MR) is 74.1 cm³/mol. The topological polar surface area (TPSA) is 44.4 Å². The number of carbonyl (C=O) groups is 1. The number of anilines is 1. The van der Waals surface area contributed by atoms with Crippen LogP contribution < -0.4 is 10.6 Å². The van der Waals surface area contributed by atoms with Gasteiger partial charge < -0.3 is 15.5 Å². The lowest BCUT2D eigenvalue weighted by molar-refractivity contribution is -0.136. The quantitative estimate of drug-likeness (QED) is 0.901.